The van der Waals surface area contributed by atoms with Crippen LogP contribution in [-0.2, 0) is 10.0 Å². The summed E-state index contributed by atoms with van der Waals surface area (Å²) in [6, 6.07) is -0.0217. The highest BCUT2D eigenvalue weighted by Crippen LogP contribution is 2.31. The lowest BCUT2D eigenvalue weighted by Crippen LogP contribution is -2.38. The van der Waals surface area contributed by atoms with E-state index >= 15 is 0 Å². The normalized spacial score (nSPS) is 23.9. The standard InChI is InChI=1S/C11H18N2O3S3/c1-3-17-9-6-4-5-8(9)13-19(15,16)10-7(2)12-11(14)18-10/h8-9,13H,3-6H2,1-2H3,(H,12,14). The molecule has 1 aliphatic carbocycles. The van der Waals surface area contributed by atoms with Crippen molar-refractivity contribution in [1.29, 1.82) is 0 Å². The Morgan fingerprint density at radius 2 is 2.21 bits per heavy atom. The summed E-state index contributed by atoms with van der Waals surface area (Å²) in [5.74, 6) is 0.986. The molecule has 2 unspecified atom stereocenters. The minimum absolute atomic E-state index is 0.0217. The molecule has 0 aliphatic heterocycles. The maximum atomic E-state index is 12.3. The van der Waals surface area contributed by atoms with Gasteiger partial charge in [-0.15, -0.1) is 0 Å². The van der Waals surface area contributed by atoms with E-state index in [4.69, 9.17) is 0 Å². The van der Waals surface area contributed by atoms with Gasteiger partial charge in [0.2, 0.25) is 0 Å². The van der Waals surface area contributed by atoms with Gasteiger partial charge < -0.3 is 4.98 Å². The Labute approximate surface area is 121 Å². The summed E-state index contributed by atoms with van der Waals surface area (Å²) in [6.07, 6.45) is 2.97. The first-order valence-electron chi connectivity index (χ1n) is 6.27. The Balaban J connectivity index is 2.17. The van der Waals surface area contributed by atoms with Crippen LogP contribution in [0.1, 0.15) is 31.9 Å². The number of aryl methyl sites for hydroxylation is 1. The molecule has 1 fully saturated rings. The molecule has 1 aromatic heterocycles. The highest BCUT2D eigenvalue weighted by atomic mass is 32.2. The van der Waals surface area contributed by atoms with Crippen molar-refractivity contribution in [3.8, 4) is 0 Å². The first-order valence-corrected chi connectivity index (χ1v) is 9.62. The maximum Gasteiger partial charge on any atom is 0.305 e. The molecule has 0 bridgehead atoms. The summed E-state index contributed by atoms with van der Waals surface area (Å²) >= 11 is 2.55. The van der Waals surface area contributed by atoms with Crippen LogP contribution in [0.2, 0.25) is 0 Å². The predicted molar refractivity (Wildman–Crippen MR) is 79.6 cm³/mol. The van der Waals surface area contributed by atoms with Crippen molar-refractivity contribution in [2.75, 3.05) is 5.75 Å². The Morgan fingerprint density at radius 1 is 1.47 bits per heavy atom. The zero-order valence-corrected chi connectivity index (χ0v) is 13.4. The Hall–Kier alpha value is -0.310. The molecule has 0 radical (unpaired) electrons. The molecule has 1 aromatic rings. The SMILES string of the molecule is CCSC1CCCC1NS(=O)(=O)c1sc(=O)[nH]c1C. The third-order valence-corrected chi connectivity index (χ3v) is 7.59. The van der Waals surface area contributed by atoms with Crippen molar-refractivity contribution < 1.29 is 8.42 Å². The van der Waals surface area contributed by atoms with Gasteiger partial charge in [0, 0.05) is 17.0 Å². The second kappa shape index (κ2) is 5.99. The van der Waals surface area contributed by atoms with E-state index in [0.717, 1.165) is 36.4 Å². The monoisotopic (exact) mass is 322 g/mol. The zero-order valence-electron chi connectivity index (χ0n) is 10.9. The zero-order chi connectivity index (χ0) is 14.0. The van der Waals surface area contributed by atoms with Crippen LogP contribution in [0.15, 0.2) is 9.00 Å². The average Bonchev–Trinajstić information content (AvgIpc) is 2.86. The molecule has 8 heteroatoms. The predicted octanol–water partition coefficient (Wildman–Crippen LogP) is 1.70. The third kappa shape index (κ3) is 3.42. The van der Waals surface area contributed by atoms with Crippen LogP contribution in [0.5, 0.6) is 0 Å². The van der Waals surface area contributed by atoms with Gasteiger partial charge in [-0.2, -0.15) is 11.8 Å². The number of hydrogen-bond donors (Lipinski definition) is 2. The number of hydrogen-bond acceptors (Lipinski definition) is 5. The summed E-state index contributed by atoms with van der Waals surface area (Å²) in [6.45, 7) is 3.69. The molecule has 2 N–H and O–H groups in total. The number of aromatic amines is 1. The summed E-state index contributed by atoms with van der Waals surface area (Å²) in [4.78, 5) is 13.4. The minimum Gasteiger partial charge on any atom is -0.315 e. The van der Waals surface area contributed by atoms with Gasteiger partial charge in [0.25, 0.3) is 10.0 Å². The maximum absolute atomic E-state index is 12.3. The van der Waals surface area contributed by atoms with E-state index in [2.05, 4.69) is 16.6 Å². The van der Waals surface area contributed by atoms with Crippen LogP contribution in [0.25, 0.3) is 0 Å². The molecular formula is C11H18N2O3S3. The molecule has 0 spiro atoms. The number of rotatable bonds is 5. The Kier molecular flexibility index (Phi) is 4.75. The summed E-state index contributed by atoms with van der Waals surface area (Å²) in [5.41, 5.74) is 0.417. The smallest absolute Gasteiger partial charge is 0.305 e. The number of sulfonamides is 1. The van der Waals surface area contributed by atoms with E-state index in [0.29, 0.717) is 10.9 Å². The minimum atomic E-state index is -3.58. The largest absolute Gasteiger partial charge is 0.315 e. The molecule has 0 amide bonds. The fourth-order valence-corrected chi connectivity index (χ4v) is 6.29. The summed E-state index contributed by atoms with van der Waals surface area (Å²) in [5, 5.41) is 0.343. The van der Waals surface area contributed by atoms with Gasteiger partial charge in [-0.3, -0.25) is 4.79 Å². The van der Waals surface area contributed by atoms with Crippen molar-refractivity contribution in [2.24, 2.45) is 0 Å². The van der Waals surface area contributed by atoms with Gasteiger partial charge in [-0.25, -0.2) is 13.1 Å². The van der Waals surface area contributed by atoms with Gasteiger partial charge in [0.15, 0.2) is 4.21 Å². The van der Waals surface area contributed by atoms with Gasteiger partial charge >= 0.3 is 4.87 Å². The fraction of sp³-hybridized carbons (Fsp3) is 0.727. The molecule has 0 aromatic carbocycles. The van der Waals surface area contributed by atoms with E-state index < -0.39 is 10.0 Å². The molecule has 1 aliphatic rings. The van der Waals surface area contributed by atoms with Crippen LogP contribution in [-0.4, -0.2) is 30.4 Å². The number of thiazole rings is 1. The van der Waals surface area contributed by atoms with E-state index in [1.165, 1.54) is 0 Å². The van der Waals surface area contributed by atoms with E-state index in [1.807, 2.05) is 0 Å². The van der Waals surface area contributed by atoms with Crippen LogP contribution in [0, 0.1) is 6.92 Å². The molecule has 108 valence electrons. The first kappa shape index (κ1) is 15.1. The van der Waals surface area contributed by atoms with Crippen molar-refractivity contribution in [1.82, 2.24) is 9.71 Å². The van der Waals surface area contributed by atoms with E-state index in [9.17, 15) is 13.2 Å². The van der Waals surface area contributed by atoms with Gasteiger partial charge in [-0.1, -0.05) is 24.7 Å². The summed E-state index contributed by atoms with van der Waals surface area (Å²) in [7, 11) is -3.58. The molecule has 2 rings (SSSR count). The highest BCUT2D eigenvalue weighted by molar-refractivity contribution is 8.00. The average molecular weight is 322 g/mol. The van der Waals surface area contributed by atoms with E-state index in [-0.39, 0.29) is 15.1 Å². The lowest BCUT2D eigenvalue weighted by molar-refractivity contribution is 0.556. The number of thioether (sulfide) groups is 1. The molecule has 1 saturated carbocycles. The highest BCUT2D eigenvalue weighted by Gasteiger charge is 2.32. The lowest BCUT2D eigenvalue weighted by Gasteiger charge is -2.19. The second-order valence-electron chi connectivity index (χ2n) is 4.58. The summed E-state index contributed by atoms with van der Waals surface area (Å²) < 4.78 is 27.5. The first-order chi connectivity index (χ1) is 8.94. The van der Waals surface area contributed by atoms with Gasteiger partial charge in [0.05, 0.1) is 0 Å². The number of aromatic nitrogens is 1. The second-order valence-corrected chi connectivity index (χ2v) is 8.99. The quantitative estimate of drug-likeness (QED) is 0.865. The molecule has 1 heterocycles. The Bertz CT molecular complexity index is 591. The molecule has 2 atom stereocenters. The topological polar surface area (TPSA) is 79.0 Å². The Morgan fingerprint density at radius 3 is 2.79 bits per heavy atom. The molecule has 0 saturated heterocycles. The van der Waals surface area contributed by atoms with Crippen molar-refractivity contribution in [2.45, 2.75) is 48.6 Å². The lowest BCUT2D eigenvalue weighted by atomic mass is 10.3. The number of nitrogens with one attached hydrogen (secondary N) is 2. The van der Waals surface area contributed by atoms with Crippen LogP contribution < -0.4 is 9.60 Å². The number of H-pyrrole nitrogens is 1. The molecule has 5 nitrogen and oxygen atoms in total. The van der Waals surface area contributed by atoms with Crippen molar-refractivity contribution in [3.05, 3.63) is 15.4 Å². The molecule has 19 heavy (non-hydrogen) atoms. The van der Waals surface area contributed by atoms with Crippen molar-refractivity contribution in [3.63, 3.8) is 0 Å². The van der Waals surface area contributed by atoms with Gasteiger partial charge in [-0.05, 0) is 25.5 Å². The van der Waals surface area contributed by atoms with Crippen LogP contribution >= 0.6 is 23.1 Å². The van der Waals surface area contributed by atoms with Gasteiger partial charge in [0.1, 0.15) is 0 Å². The van der Waals surface area contributed by atoms with Crippen LogP contribution in [0.4, 0.5) is 0 Å². The van der Waals surface area contributed by atoms with Crippen molar-refractivity contribution >= 4 is 33.1 Å². The van der Waals surface area contributed by atoms with E-state index in [1.54, 1.807) is 18.7 Å². The fourth-order valence-electron chi connectivity index (χ4n) is 2.37. The van der Waals surface area contributed by atoms with Crippen LogP contribution in [0.3, 0.4) is 0 Å². The molecular weight excluding hydrogens is 304 g/mol. The third-order valence-electron chi connectivity index (χ3n) is 3.17.